The van der Waals surface area contributed by atoms with Crippen molar-refractivity contribution in [3.8, 4) is 0 Å². The van der Waals surface area contributed by atoms with E-state index in [9.17, 15) is 0 Å². The van der Waals surface area contributed by atoms with Crippen molar-refractivity contribution in [2.24, 2.45) is 38.7 Å². The Kier molecular flexibility index (Phi) is 7.16. The molecule has 2 N–H and O–H groups in total. The molecule has 0 heterocycles. The Hall–Kier alpha value is -0.0400. The van der Waals surface area contributed by atoms with Gasteiger partial charge in [-0.05, 0) is 66.1 Å². The SMILES string of the molecule is CC(C)(C)CC(C)(C)C(C(C)(C)CC(C)(C)C)C(C)(C)CC(C)(C)N. The van der Waals surface area contributed by atoms with Gasteiger partial charge in [0.05, 0.1) is 0 Å². The van der Waals surface area contributed by atoms with Gasteiger partial charge in [-0.15, -0.1) is 0 Å². The number of nitrogens with two attached hydrogens (primary N) is 1. The summed E-state index contributed by atoms with van der Waals surface area (Å²) in [6, 6.07) is 0. The van der Waals surface area contributed by atoms with E-state index in [1.54, 1.807) is 0 Å². The molecule has 0 radical (unpaired) electrons. The summed E-state index contributed by atoms with van der Waals surface area (Å²) in [5.74, 6) is 0.591. The van der Waals surface area contributed by atoms with E-state index in [1.165, 1.54) is 12.8 Å². The van der Waals surface area contributed by atoms with Crippen molar-refractivity contribution in [3.05, 3.63) is 0 Å². The van der Waals surface area contributed by atoms with Crippen LogP contribution in [0.25, 0.3) is 0 Å². The molecule has 0 bridgehead atoms. The smallest absolute Gasteiger partial charge is 0.0102 e. The lowest BCUT2D eigenvalue weighted by Gasteiger charge is -2.57. The van der Waals surface area contributed by atoms with Crippen LogP contribution in [0.1, 0.15) is 116 Å². The van der Waals surface area contributed by atoms with Gasteiger partial charge in [-0.1, -0.05) is 83.1 Å². The first-order valence-electron chi connectivity index (χ1n) is 10.3. The molecule has 0 fully saturated rings. The average Bonchev–Trinajstić information content (AvgIpc) is 1.98. The third kappa shape index (κ3) is 8.94. The van der Waals surface area contributed by atoms with Crippen molar-refractivity contribution in [2.75, 3.05) is 0 Å². The topological polar surface area (TPSA) is 26.0 Å². The summed E-state index contributed by atoms with van der Waals surface area (Å²) >= 11 is 0. The van der Waals surface area contributed by atoms with E-state index in [0.717, 1.165) is 6.42 Å². The van der Waals surface area contributed by atoms with E-state index in [-0.39, 0.29) is 21.8 Å². The second kappa shape index (κ2) is 7.17. The van der Waals surface area contributed by atoms with E-state index in [0.29, 0.717) is 16.7 Å². The molecule has 0 rings (SSSR count). The van der Waals surface area contributed by atoms with Crippen molar-refractivity contribution < 1.29 is 0 Å². The van der Waals surface area contributed by atoms with Gasteiger partial charge in [-0.3, -0.25) is 0 Å². The Morgan fingerprint density at radius 1 is 0.480 bits per heavy atom. The summed E-state index contributed by atoms with van der Waals surface area (Å²) in [5, 5.41) is 0. The Labute approximate surface area is 160 Å². The monoisotopic (exact) mass is 353 g/mol. The Morgan fingerprint density at radius 2 is 0.720 bits per heavy atom. The highest BCUT2D eigenvalue weighted by Crippen LogP contribution is 2.58. The highest BCUT2D eigenvalue weighted by atomic mass is 14.7. The summed E-state index contributed by atoms with van der Waals surface area (Å²) in [4.78, 5) is 0. The maximum absolute atomic E-state index is 6.50. The van der Waals surface area contributed by atoms with Gasteiger partial charge in [0.25, 0.3) is 0 Å². The maximum atomic E-state index is 6.50. The van der Waals surface area contributed by atoms with Crippen molar-refractivity contribution in [1.29, 1.82) is 0 Å². The molecule has 0 atom stereocenters. The van der Waals surface area contributed by atoms with Crippen LogP contribution >= 0.6 is 0 Å². The van der Waals surface area contributed by atoms with Gasteiger partial charge in [0.15, 0.2) is 0 Å². The molecular weight excluding hydrogens is 302 g/mol. The molecule has 1 heteroatoms. The van der Waals surface area contributed by atoms with Gasteiger partial charge < -0.3 is 5.73 Å². The molecule has 0 amide bonds. The first kappa shape index (κ1) is 25.0. The summed E-state index contributed by atoms with van der Waals surface area (Å²) in [6.07, 6.45) is 3.51. The van der Waals surface area contributed by atoms with E-state index in [4.69, 9.17) is 5.73 Å². The molecule has 0 saturated heterocycles. The molecule has 25 heavy (non-hydrogen) atoms. The molecule has 1 nitrogen and oxygen atoms in total. The molecule has 0 spiro atoms. The average molecular weight is 354 g/mol. The zero-order valence-corrected chi connectivity index (χ0v) is 20.3. The third-order valence-electron chi connectivity index (χ3n) is 5.23. The van der Waals surface area contributed by atoms with Crippen LogP contribution < -0.4 is 5.73 Å². The van der Waals surface area contributed by atoms with Crippen molar-refractivity contribution in [3.63, 3.8) is 0 Å². The highest BCUT2D eigenvalue weighted by Gasteiger charge is 2.51. The van der Waals surface area contributed by atoms with Crippen LogP contribution in [0, 0.1) is 33.0 Å². The van der Waals surface area contributed by atoms with Gasteiger partial charge in [0, 0.05) is 5.54 Å². The number of hydrogen-bond acceptors (Lipinski definition) is 1. The molecule has 0 aliphatic heterocycles. The quantitative estimate of drug-likeness (QED) is 0.499. The van der Waals surface area contributed by atoms with Gasteiger partial charge in [0.1, 0.15) is 0 Å². The molecule has 0 aromatic carbocycles. The van der Waals surface area contributed by atoms with Crippen LogP contribution in [-0.2, 0) is 0 Å². The maximum Gasteiger partial charge on any atom is 0.0102 e. The van der Waals surface area contributed by atoms with Crippen LogP contribution in [0.2, 0.25) is 0 Å². The van der Waals surface area contributed by atoms with Crippen LogP contribution in [0.3, 0.4) is 0 Å². The minimum absolute atomic E-state index is 0.141. The summed E-state index contributed by atoms with van der Waals surface area (Å²) in [5.41, 5.74) is 7.70. The first-order valence-corrected chi connectivity index (χ1v) is 10.3. The second-order valence-corrected chi connectivity index (χ2v) is 14.0. The molecular formula is C24H51N. The van der Waals surface area contributed by atoms with E-state index < -0.39 is 0 Å². The number of hydrogen-bond donors (Lipinski definition) is 1. The molecule has 0 aliphatic rings. The standard InChI is InChI=1S/C24H51N/c1-19(2,3)15-21(7,8)18(22(9,10)16-20(4,5)6)23(11,12)17-24(13,14)25/h18H,15-17,25H2,1-14H3. The Balaban J connectivity index is 6.14. The fourth-order valence-electron chi connectivity index (χ4n) is 7.39. The molecule has 0 aliphatic carbocycles. The van der Waals surface area contributed by atoms with Gasteiger partial charge in [-0.25, -0.2) is 0 Å². The summed E-state index contributed by atoms with van der Waals surface area (Å²) in [7, 11) is 0. The molecule has 0 saturated carbocycles. The molecule has 0 unspecified atom stereocenters. The third-order valence-corrected chi connectivity index (χ3v) is 5.23. The van der Waals surface area contributed by atoms with Gasteiger partial charge >= 0.3 is 0 Å². The lowest BCUT2D eigenvalue weighted by Crippen LogP contribution is -2.51. The molecule has 0 aromatic heterocycles. The largest absolute Gasteiger partial charge is 0.326 e. The fourth-order valence-corrected chi connectivity index (χ4v) is 7.39. The van der Waals surface area contributed by atoms with Crippen LogP contribution in [0.15, 0.2) is 0 Å². The Bertz CT molecular complexity index is 352. The normalized spacial score (nSPS) is 15.8. The van der Waals surface area contributed by atoms with Crippen LogP contribution in [0.4, 0.5) is 0 Å². The van der Waals surface area contributed by atoms with E-state index >= 15 is 0 Å². The predicted octanol–water partition coefficient (Wildman–Crippen LogP) is 7.68. The van der Waals surface area contributed by atoms with Crippen LogP contribution in [0.5, 0.6) is 0 Å². The molecule has 152 valence electrons. The van der Waals surface area contributed by atoms with Crippen molar-refractivity contribution >= 4 is 0 Å². The van der Waals surface area contributed by atoms with Crippen molar-refractivity contribution in [2.45, 2.75) is 122 Å². The molecule has 0 aromatic rings. The zero-order valence-electron chi connectivity index (χ0n) is 20.3. The zero-order chi connectivity index (χ0) is 20.7. The van der Waals surface area contributed by atoms with Crippen molar-refractivity contribution in [1.82, 2.24) is 0 Å². The number of rotatable bonds is 7. The van der Waals surface area contributed by atoms with Gasteiger partial charge in [0.2, 0.25) is 0 Å². The minimum atomic E-state index is -0.141. The van der Waals surface area contributed by atoms with Gasteiger partial charge in [-0.2, -0.15) is 0 Å². The predicted molar refractivity (Wildman–Crippen MR) is 116 cm³/mol. The summed E-state index contributed by atoms with van der Waals surface area (Å²) < 4.78 is 0. The summed E-state index contributed by atoms with van der Waals surface area (Å²) in [6.45, 7) is 33.5. The second-order valence-electron chi connectivity index (χ2n) is 14.0. The minimum Gasteiger partial charge on any atom is -0.326 e. The van der Waals surface area contributed by atoms with E-state index in [1.807, 2.05) is 0 Å². The lowest BCUT2D eigenvalue weighted by molar-refractivity contribution is -0.0719. The van der Waals surface area contributed by atoms with Crippen LogP contribution in [-0.4, -0.2) is 5.54 Å². The highest BCUT2D eigenvalue weighted by molar-refractivity contribution is 5.01. The van der Waals surface area contributed by atoms with E-state index in [2.05, 4.69) is 96.9 Å². The Morgan fingerprint density at radius 3 is 0.920 bits per heavy atom. The first-order chi connectivity index (χ1) is 10.5. The fraction of sp³-hybridized carbons (Fsp3) is 1.00. The lowest BCUT2D eigenvalue weighted by atomic mass is 9.48.